The summed E-state index contributed by atoms with van der Waals surface area (Å²) in [4.78, 5) is 13.5. The van der Waals surface area contributed by atoms with Gasteiger partial charge in [0.2, 0.25) is 5.91 Å². The van der Waals surface area contributed by atoms with E-state index in [-0.39, 0.29) is 0 Å². The average Bonchev–Trinajstić information content (AvgIpc) is 2.20. The highest BCUT2D eigenvalue weighted by atomic mass is 16.1. The van der Waals surface area contributed by atoms with Crippen molar-refractivity contribution in [1.29, 1.82) is 0 Å². The molecule has 1 aliphatic rings. The third kappa shape index (κ3) is 4.10. The van der Waals surface area contributed by atoms with Crippen LogP contribution in [-0.2, 0) is 4.79 Å². The van der Waals surface area contributed by atoms with Crippen molar-refractivity contribution >= 4 is 5.91 Å². The molecule has 94 valence electrons. The average molecular weight is 227 g/mol. The number of hydrogen-bond acceptors (Lipinski definition) is 3. The van der Waals surface area contributed by atoms with Crippen LogP contribution in [0.15, 0.2) is 0 Å². The molecule has 0 spiro atoms. The van der Waals surface area contributed by atoms with Crippen molar-refractivity contribution in [2.45, 2.75) is 45.1 Å². The van der Waals surface area contributed by atoms with Gasteiger partial charge in [-0.05, 0) is 58.2 Å². The second-order valence-electron chi connectivity index (χ2n) is 5.41. The number of primary amides is 1. The van der Waals surface area contributed by atoms with E-state index in [1.807, 2.05) is 0 Å². The van der Waals surface area contributed by atoms with Crippen LogP contribution in [0.4, 0.5) is 0 Å². The SMILES string of the molecule is CC1CCN(CCCC(C)(N)C(N)=O)CC1. The molecule has 0 saturated carbocycles. The molecule has 1 heterocycles. The predicted molar refractivity (Wildman–Crippen MR) is 65.9 cm³/mol. The molecule has 16 heavy (non-hydrogen) atoms. The van der Waals surface area contributed by atoms with Crippen molar-refractivity contribution in [2.24, 2.45) is 17.4 Å². The van der Waals surface area contributed by atoms with Crippen LogP contribution in [0.25, 0.3) is 0 Å². The standard InChI is InChI=1S/C12H25N3O/c1-10-4-8-15(9-5-10)7-3-6-12(2,14)11(13)16/h10H,3-9,14H2,1-2H3,(H2,13,16). The summed E-state index contributed by atoms with van der Waals surface area (Å²) in [6.45, 7) is 7.42. The van der Waals surface area contributed by atoms with Gasteiger partial charge in [-0.1, -0.05) is 6.92 Å². The zero-order valence-corrected chi connectivity index (χ0v) is 10.5. The molecule has 1 rings (SSSR count). The normalized spacial score (nSPS) is 22.9. The Bertz CT molecular complexity index is 232. The lowest BCUT2D eigenvalue weighted by Gasteiger charge is -2.31. The minimum absolute atomic E-state index is 0.403. The molecule has 0 bridgehead atoms. The summed E-state index contributed by atoms with van der Waals surface area (Å²) in [5.74, 6) is 0.460. The zero-order chi connectivity index (χ0) is 12.2. The van der Waals surface area contributed by atoms with Crippen LogP contribution in [0.3, 0.4) is 0 Å². The van der Waals surface area contributed by atoms with E-state index in [0.717, 1.165) is 18.9 Å². The van der Waals surface area contributed by atoms with E-state index < -0.39 is 11.4 Å². The monoisotopic (exact) mass is 227 g/mol. The Morgan fingerprint density at radius 3 is 2.50 bits per heavy atom. The lowest BCUT2D eigenvalue weighted by molar-refractivity contribution is -0.122. The van der Waals surface area contributed by atoms with Crippen LogP contribution < -0.4 is 11.5 Å². The molecule has 0 radical (unpaired) electrons. The van der Waals surface area contributed by atoms with Gasteiger partial charge in [0.1, 0.15) is 0 Å². The van der Waals surface area contributed by atoms with Crippen LogP contribution in [0.1, 0.15) is 39.5 Å². The Labute approximate surface area is 98.3 Å². The first-order valence-electron chi connectivity index (χ1n) is 6.23. The van der Waals surface area contributed by atoms with E-state index in [4.69, 9.17) is 11.5 Å². The van der Waals surface area contributed by atoms with Gasteiger partial charge in [0.05, 0.1) is 5.54 Å². The fourth-order valence-electron chi connectivity index (χ4n) is 2.08. The molecule has 4 nitrogen and oxygen atoms in total. The van der Waals surface area contributed by atoms with Crippen molar-refractivity contribution in [3.05, 3.63) is 0 Å². The summed E-state index contributed by atoms with van der Waals surface area (Å²) in [5, 5.41) is 0. The van der Waals surface area contributed by atoms with E-state index >= 15 is 0 Å². The third-order valence-corrected chi connectivity index (χ3v) is 3.61. The summed E-state index contributed by atoms with van der Waals surface area (Å²) in [6.07, 6.45) is 4.20. The Kier molecular flexibility index (Phi) is 4.74. The van der Waals surface area contributed by atoms with Crippen molar-refractivity contribution < 1.29 is 4.79 Å². The van der Waals surface area contributed by atoms with Gasteiger partial charge >= 0.3 is 0 Å². The Morgan fingerprint density at radius 2 is 2.00 bits per heavy atom. The molecule has 1 amide bonds. The summed E-state index contributed by atoms with van der Waals surface area (Å²) < 4.78 is 0. The van der Waals surface area contributed by atoms with Gasteiger partial charge in [0.25, 0.3) is 0 Å². The second kappa shape index (κ2) is 5.64. The quantitative estimate of drug-likeness (QED) is 0.726. The van der Waals surface area contributed by atoms with Crippen molar-refractivity contribution in [3.63, 3.8) is 0 Å². The first kappa shape index (κ1) is 13.5. The van der Waals surface area contributed by atoms with Crippen LogP contribution in [0.5, 0.6) is 0 Å². The van der Waals surface area contributed by atoms with Gasteiger partial charge in [-0.2, -0.15) is 0 Å². The molecule has 1 unspecified atom stereocenters. The van der Waals surface area contributed by atoms with Gasteiger partial charge in [-0.15, -0.1) is 0 Å². The van der Waals surface area contributed by atoms with Crippen LogP contribution in [0, 0.1) is 5.92 Å². The smallest absolute Gasteiger partial charge is 0.237 e. The molecule has 0 aromatic rings. The Hall–Kier alpha value is -0.610. The van der Waals surface area contributed by atoms with Crippen molar-refractivity contribution in [2.75, 3.05) is 19.6 Å². The highest BCUT2D eigenvalue weighted by Crippen LogP contribution is 2.17. The number of likely N-dealkylation sites (tertiary alicyclic amines) is 1. The number of rotatable bonds is 5. The minimum Gasteiger partial charge on any atom is -0.368 e. The third-order valence-electron chi connectivity index (χ3n) is 3.61. The van der Waals surface area contributed by atoms with Crippen molar-refractivity contribution in [1.82, 2.24) is 4.90 Å². The number of nitrogens with two attached hydrogens (primary N) is 2. The molecule has 1 atom stereocenters. The lowest BCUT2D eigenvalue weighted by Crippen LogP contribution is -2.49. The number of piperidine rings is 1. The van der Waals surface area contributed by atoms with Gasteiger partial charge in [0.15, 0.2) is 0 Å². The van der Waals surface area contributed by atoms with Gasteiger partial charge in [-0.3, -0.25) is 4.79 Å². The fourth-order valence-corrected chi connectivity index (χ4v) is 2.08. The fraction of sp³-hybridized carbons (Fsp3) is 0.917. The first-order valence-corrected chi connectivity index (χ1v) is 6.23. The number of amides is 1. The maximum atomic E-state index is 11.0. The van der Waals surface area contributed by atoms with E-state index in [1.54, 1.807) is 6.92 Å². The molecular weight excluding hydrogens is 202 g/mol. The highest BCUT2D eigenvalue weighted by molar-refractivity contribution is 5.83. The summed E-state index contributed by atoms with van der Waals surface area (Å²) in [5.41, 5.74) is 10.2. The maximum Gasteiger partial charge on any atom is 0.237 e. The molecule has 4 heteroatoms. The van der Waals surface area contributed by atoms with Crippen molar-refractivity contribution in [3.8, 4) is 0 Å². The molecule has 0 aromatic carbocycles. The predicted octanol–water partition coefficient (Wildman–Crippen LogP) is 0.701. The number of carbonyl (C=O) groups is 1. The number of hydrogen-bond donors (Lipinski definition) is 2. The molecule has 1 saturated heterocycles. The second-order valence-corrected chi connectivity index (χ2v) is 5.41. The largest absolute Gasteiger partial charge is 0.368 e. The Morgan fingerprint density at radius 1 is 1.44 bits per heavy atom. The van der Waals surface area contributed by atoms with Crippen LogP contribution in [0.2, 0.25) is 0 Å². The van der Waals surface area contributed by atoms with Crippen LogP contribution >= 0.6 is 0 Å². The minimum atomic E-state index is -0.844. The van der Waals surface area contributed by atoms with E-state index in [2.05, 4.69) is 11.8 Å². The lowest BCUT2D eigenvalue weighted by atomic mass is 9.95. The molecule has 0 aliphatic carbocycles. The molecule has 0 aromatic heterocycles. The summed E-state index contributed by atoms with van der Waals surface area (Å²) in [7, 11) is 0. The zero-order valence-electron chi connectivity index (χ0n) is 10.5. The van der Waals surface area contributed by atoms with E-state index in [9.17, 15) is 4.79 Å². The first-order chi connectivity index (χ1) is 7.42. The van der Waals surface area contributed by atoms with Gasteiger partial charge in [0, 0.05) is 0 Å². The maximum absolute atomic E-state index is 11.0. The van der Waals surface area contributed by atoms with Crippen LogP contribution in [-0.4, -0.2) is 36.0 Å². The van der Waals surface area contributed by atoms with Gasteiger partial charge < -0.3 is 16.4 Å². The molecule has 4 N–H and O–H groups in total. The molecular formula is C12H25N3O. The topological polar surface area (TPSA) is 72.3 Å². The summed E-state index contributed by atoms with van der Waals surface area (Å²) >= 11 is 0. The highest BCUT2D eigenvalue weighted by Gasteiger charge is 2.25. The number of nitrogens with zero attached hydrogens (tertiary/aromatic N) is 1. The van der Waals surface area contributed by atoms with Gasteiger partial charge in [-0.25, -0.2) is 0 Å². The van der Waals surface area contributed by atoms with E-state index in [1.165, 1.54) is 25.9 Å². The Balaban J connectivity index is 2.18. The molecule has 1 fully saturated rings. The molecule has 1 aliphatic heterocycles. The van der Waals surface area contributed by atoms with E-state index in [0.29, 0.717) is 6.42 Å². The summed E-state index contributed by atoms with van der Waals surface area (Å²) in [6, 6.07) is 0. The number of carbonyl (C=O) groups excluding carboxylic acids is 1.